The Morgan fingerprint density at radius 3 is 2.36 bits per heavy atom. The molecule has 5 rings (SSSR count). The molecule has 1 aromatic carbocycles. The van der Waals surface area contributed by atoms with Crippen LogP contribution in [0.1, 0.15) is 43.9 Å². The molecule has 0 atom stereocenters. The van der Waals surface area contributed by atoms with E-state index in [9.17, 15) is 0 Å². The normalized spacial score (nSPS) is 16.8. The van der Waals surface area contributed by atoms with E-state index in [0.29, 0.717) is 6.04 Å². The molecule has 0 N–H and O–H groups in total. The van der Waals surface area contributed by atoms with E-state index in [0.717, 1.165) is 84.5 Å². The van der Waals surface area contributed by atoms with Crippen LogP contribution in [0.2, 0.25) is 0 Å². The summed E-state index contributed by atoms with van der Waals surface area (Å²) in [7, 11) is 3.43. The Balaban J connectivity index is 1.70. The number of rotatable bonds is 8. The topological polar surface area (TPSA) is 48.2 Å². The predicted molar refractivity (Wildman–Crippen MR) is 132 cm³/mol. The third-order valence-electron chi connectivity index (χ3n) is 7.01. The van der Waals surface area contributed by atoms with Gasteiger partial charge in [0.15, 0.2) is 0 Å². The Morgan fingerprint density at radius 1 is 1.06 bits per heavy atom. The standard InChI is InChI=1S/C27H35N3O3/c1-5-21-27(29(17-19-9-10-19)20-11-13-33-14-12-20)23-8-6-7-22(30(23)28-21)26-24(31-3)15-18(2)16-25(26)32-4/h6-8,15-16,19-20H,5,9-14,17H2,1-4H3. The fourth-order valence-corrected chi connectivity index (χ4v) is 5.14. The van der Waals surface area contributed by atoms with Gasteiger partial charge in [0.05, 0.1) is 42.4 Å². The minimum Gasteiger partial charge on any atom is -0.496 e. The molecule has 6 heteroatoms. The number of methoxy groups -OCH3 is 2. The Hall–Kier alpha value is -2.73. The number of pyridine rings is 1. The van der Waals surface area contributed by atoms with Gasteiger partial charge in [0.25, 0.3) is 0 Å². The molecule has 3 aromatic rings. The van der Waals surface area contributed by atoms with E-state index in [1.54, 1.807) is 14.2 Å². The number of fused-ring (bicyclic) bond motifs is 1. The molecule has 0 spiro atoms. The maximum Gasteiger partial charge on any atom is 0.132 e. The summed E-state index contributed by atoms with van der Waals surface area (Å²) in [5.41, 5.74) is 6.63. The summed E-state index contributed by atoms with van der Waals surface area (Å²) in [6.45, 7) is 7.06. The third-order valence-corrected chi connectivity index (χ3v) is 7.01. The molecule has 2 fully saturated rings. The highest BCUT2D eigenvalue weighted by molar-refractivity contribution is 5.83. The highest BCUT2D eigenvalue weighted by atomic mass is 16.5. The quantitative estimate of drug-likeness (QED) is 0.468. The summed E-state index contributed by atoms with van der Waals surface area (Å²) >= 11 is 0. The molecule has 1 saturated heterocycles. The molecule has 2 aromatic heterocycles. The number of nitrogens with zero attached hydrogens (tertiary/aromatic N) is 3. The summed E-state index contributed by atoms with van der Waals surface area (Å²) in [5.74, 6) is 2.40. The van der Waals surface area contributed by atoms with Gasteiger partial charge in [0.1, 0.15) is 11.5 Å². The Kier molecular flexibility index (Phi) is 6.19. The minimum absolute atomic E-state index is 0.504. The second-order valence-corrected chi connectivity index (χ2v) is 9.34. The molecule has 1 saturated carbocycles. The van der Waals surface area contributed by atoms with Crippen LogP contribution in [0.15, 0.2) is 30.3 Å². The monoisotopic (exact) mass is 449 g/mol. The molecular formula is C27H35N3O3. The van der Waals surface area contributed by atoms with Crippen molar-refractivity contribution in [1.29, 1.82) is 0 Å². The zero-order valence-electron chi connectivity index (χ0n) is 20.3. The maximum absolute atomic E-state index is 5.79. The van der Waals surface area contributed by atoms with Gasteiger partial charge in [-0.2, -0.15) is 5.10 Å². The molecule has 33 heavy (non-hydrogen) atoms. The van der Waals surface area contributed by atoms with Crippen molar-refractivity contribution in [1.82, 2.24) is 9.61 Å². The maximum atomic E-state index is 5.79. The Labute approximate surface area is 196 Å². The second-order valence-electron chi connectivity index (χ2n) is 9.34. The Morgan fingerprint density at radius 2 is 1.76 bits per heavy atom. The average Bonchev–Trinajstić information content (AvgIpc) is 3.60. The zero-order chi connectivity index (χ0) is 22.9. The molecule has 2 aliphatic rings. The van der Waals surface area contributed by atoms with E-state index < -0.39 is 0 Å². The average molecular weight is 450 g/mol. The second kappa shape index (κ2) is 9.26. The number of aromatic nitrogens is 2. The van der Waals surface area contributed by atoms with Crippen molar-refractivity contribution in [3.8, 4) is 22.8 Å². The van der Waals surface area contributed by atoms with Gasteiger partial charge in [-0.25, -0.2) is 4.52 Å². The number of hydrogen-bond acceptors (Lipinski definition) is 5. The van der Waals surface area contributed by atoms with Crippen LogP contribution < -0.4 is 14.4 Å². The minimum atomic E-state index is 0.504. The highest BCUT2D eigenvalue weighted by Crippen LogP contribution is 2.42. The van der Waals surface area contributed by atoms with Crippen molar-refractivity contribution < 1.29 is 14.2 Å². The van der Waals surface area contributed by atoms with Gasteiger partial charge in [0.2, 0.25) is 0 Å². The third kappa shape index (κ3) is 4.17. The van der Waals surface area contributed by atoms with Crippen molar-refractivity contribution in [2.75, 3.05) is 38.9 Å². The van der Waals surface area contributed by atoms with E-state index in [1.165, 1.54) is 18.5 Å². The summed E-state index contributed by atoms with van der Waals surface area (Å²) in [5, 5.41) is 5.16. The van der Waals surface area contributed by atoms with E-state index in [2.05, 4.69) is 53.6 Å². The van der Waals surface area contributed by atoms with Crippen LogP contribution in [0.4, 0.5) is 5.69 Å². The number of ether oxygens (including phenoxy) is 3. The first-order chi connectivity index (χ1) is 16.1. The molecule has 6 nitrogen and oxygen atoms in total. The van der Waals surface area contributed by atoms with Gasteiger partial charge in [0, 0.05) is 25.8 Å². The molecular weight excluding hydrogens is 414 g/mol. The fourth-order valence-electron chi connectivity index (χ4n) is 5.14. The van der Waals surface area contributed by atoms with E-state index in [4.69, 9.17) is 19.3 Å². The lowest BCUT2D eigenvalue weighted by Crippen LogP contribution is -2.41. The van der Waals surface area contributed by atoms with Gasteiger partial charge in [-0.15, -0.1) is 0 Å². The van der Waals surface area contributed by atoms with Crippen LogP contribution >= 0.6 is 0 Å². The molecule has 0 amide bonds. The molecule has 0 radical (unpaired) electrons. The number of anilines is 1. The van der Waals surface area contributed by atoms with Gasteiger partial charge in [-0.1, -0.05) is 13.0 Å². The first-order valence-corrected chi connectivity index (χ1v) is 12.2. The van der Waals surface area contributed by atoms with Crippen molar-refractivity contribution in [3.63, 3.8) is 0 Å². The van der Waals surface area contributed by atoms with Crippen molar-refractivity contribution in [3.05, 3.63) is 41.6 Å². The van der Waals surface area contributed by atoms with E-state index in [1.807, 2.05) is 0 Å². The lowest BCUT2D eigenvalue weighted by Gasteiger charge is -2.36. The van der Waals surface area contributed by atoms with Crippen LogP contribution in [-0.4, -0.2) is 49.6 Å². The molecule has 1 aliphatic heterocycles. The number of hydrogen-bond donors (Lipinski definition) is 0. The smallest absolute Gasteiger partial charge is 0.132 e. The molecule has 3 heterocycles. The summed E-state index contributed by atoms with van der Waals surface area (Å²) in [4.78, 5) is 2.66. The molecule has 0 bridgehead atoms. The van der Waals surface area contributed by atoms with Crippen LogP contribution in [0, 0.1) is 12.8 Å². The number of aryl methyl sites for hydroxylation is 2. The fraction of sp³-hybridized carbons (Fsp3) is 0.519. The van der Waals surface area contributed by atoms with Crippen LogP contribution in [-0.2, 0) is 11.2 Å². The van der Waals surface area contributed by atoms with Gasteiger partial charge in [-0.05, 0) is 74.8 Å². The molecule has 1 aliphatic carbocycles. The first kappa shape index (κ1) is 22.1. The van der Waals surface area contributed by atoms with Crippen LogP contribution in [0.25, 0.3) is 16.8 Å². The number of benzene rings is 1. The highest BCUT2D eigenvalue weighted by Gasteiger charge is 2.33. The lowest BCUT2D eigenvalue weighted by atomic mass is 10.0. The van der Waals surface area contributed by atoms with Crippen molar-refractivity contribution >= 4 is 11.2 Å². The van der Waals surface area contributed by atoms with Crippen molar-refractivity contribution in [2.45, 2.75) is 52.0 Å². The zero-order valence-corrected chi connectivity index (χ0v) is 20.3. The largest absolute Gasteiger partial charge is 0.496 e. The predicted octanol–water partition coefficient (Wildman–Crippen LogP) is 5.28. The lowest BCUT2D eigenvalue weighted by molar-refractivity contribution is 0.0842. The van der Waals surface area contributed by atoms with Gasteiger partial charge >= 0.3 is 0 Å². The van der Waals surface area contributed by atoms with E-state index >= 15 is 0 Å². The van der Waals surface area contributed by atoms with E-state index in [-0.39, 0.29) is 0 Å². The summed E-state index contributed by atoms with van der Waals surface area (Å²) in [6.07, 6.45) is 5.72. The summed E-state index contributed by atoms with van der Waals surface area (Å²) in [6, 6.07) is 11.1. The molecule has 0 unspecified atom stereocenters. The van der Waals surface area contributed by atoms with Gasteiger partial charge in [-0.3, -0.25) is 0 Å². The van der Waals surface area contributed by atoms with Gasteiger partial charge < -0.3 is 19.1 Å². The van der Waals surface area contributed by atoms with Crippen LogP contribution in [0.5, 0.6) is 11.5 Å². The van der Waals surface area contributed by atoms with Crippen LogP contribution in [0.3, 0.4) is 0 Å². The summed E-state index contributed by atoms with van der Waals surface area (Å²) < 4.78 is 19.4. The SMILES string of the molecule is CCc1nn2c(-c3c(OC)cc(C)cc3OC)cccc2c1N(CC1CC1)C1CCOCC1. The molecule has 176 valence electrons. The Bertz CT molecular complexity index is 1100. The first-order valence-electron chi connectivity index (χ1n) is 12.2. The van der Waals surface area contributed by atoms with Crippen molar-refractivity contribution in [2.24, 2.45) is 5.92 Å².